The SMILES string of the molecule is CN(Cc1ccccc1)C(=O)NCCC(=O)N1CCN(Cc2cccc([N+](=O)[O-])c2)CC1. The quantitative estimate of drug-likeness (QED) is 0.503. The van der Waals surface area contributed by atoms with Gasteiger partial charge in [0.1, 0.15) is 0 Å². The summed E-state index contributed by atoms with van der Waals surface area (Å²) >= 11 is 0. The van der Waals surface area contributed by atoms with E-state index in [-0.39, 0.29) is 24.0 Å². The molecular weight excluding hydrogens is 410 g/mol. The Balaban J connectivity index is 1.36. The molecule has 32 heavy (non-hydrogen) atoms. The third-order valence-corrected chi connectivity index (χ3v) is 5.48. The zero-order chi connectivity index (χ0) is 22.9. The second-order valence-corrected chi connectivity index (χ2v) is 7.91. The molecule has 2 aromatic rings. The topological polar surface area (TPSA) is 99.0 Å². The number of urea groups is 1. The first-order valence-electron chi connectivity index (χ1n) is 10.7. The Morgan fingerprint density at radius 1 is 1.03 bits per heavy atom. The molecule has 0 bridgehead atoms. The summed E-state index contributed by atoms with van der Waals surface area (Å²) in [6.45, 7) is 4.05. The van der Waals surface area contributed by atoms with Crippen LogP contribution < -0.4 is 5.32 Å². The molecule has 3 amide bonds. The molecule has 3 rings (SSSR count). The van der Waals surface area contributed by atoms with Crippen molar-refractivity contribution in [2.45, 2.75) is 19.5 Å². The molecule has 1 N–H and O–H groups in total. The van der Waals surface area contributed by atoms with E-state index in [0.717, 1.165) is 11.1 Å². The van der Waals surface area contributed by atoms with Gasteiger partial charge in [-0.2, -0.15) is 0 Å². The van der Waals surface area contributed by atoms with Gasteiger partial charge in [0.05, 0.1) is 4.92 Å². The number of non-ortho nitro benzene ring substituents is 1. The Bertz CT molecular complexity index is 929. The van der Waals surface area contributed by atoms with Gasteiger partial charge in [-0.25, -0.2) is 4.79 Å². The van der Waals surface area contributed by atoms with Crippen LogP contribution in [0, 0.1) is 10.1 Å². The van der Waals surface area contributed by atoms with Crippen molar-refractivity contribution in [3.8, 4) is 0 Å². The summed E-state index contributed by atoms with van der Waals surface area (Å²) in [4.78, 5) is 40.8. The highest BCUT2D eigenvalue weighted by Crippen LogP contribution is 2.16. The minimum absolute atomic E-state index is 0.0195. The van der Waals surface area contributed by atoms with E-state index in [2.05, 4.69) is 10.2 Å². The number of carbonyl (C=O) groups is 2. The Hall–Kier alpha value is -3.46. The van der Waals surface area contributed by atoms with Crippen LogP contribution in [0.25, 0.3) is 0 Å². The molecule has 0 aromatic heterocycles. The molecule has 0 spiro atoms. The van der Waals surface area contributed by atoms with Crippen LogP contribution in [0.4, 0.5) is 10.5 Å². The van der Waals surface area contributed by atoms with E-state index in [9.17, 15) is 19.7 Å². The minimum atomic E-state index is -0.391. The fourth-order valence-electron chi connectivity index (χ4n) is 3.68. The zero-order valence-electron chi connectivity index (χ0n) is 18.3. The molecule has 1 saturated heterocycles. The molecule has 1 fully saturated rings. The first-order chi connectivity index (χ1) is 15.4. The number of nitro groups is 1. The van der Waals surface area contributed by atoms with Crippen LogP contribution in [0.1, 0.15) is 17.5 Å². The van der Waals surface area contributed by atoms with Crippen LogP contribution in [0.2, 0.25) is 0 Å². The van der Waals surface area contributed by atoms with Gasteiger partial charge in [-0.3, -0.25) is 19.8 Å². The largest absolute Gasteiger partial charge is 0.340 e. The monoisotopic (exact) mass is 439 g/mol. The molecule has 9 nitrogen and oxygen atoms in total. The molecule has 9 heteroatoms. The standard InChI is InChI=1S/C23H29N5O4/c1-25(17-19-6-3-2-4-7-19)23(30)24-11-10-22(29)27-14-12-26(13-15-27)18-20-8-5-9-21(16-20)28(31)32/h2-9,16H,10-15,17-18H2,1H3,(H,24,30). The lowest BCUT2D eigenvalue weighted by molar-refractivity contribution is -0.384. The van der Waals surface area contributed by atoms with E-state index in [1.807, 2.05) is 41.3 Å². The van der Waals surface area contributed by atoms with Crippen LogP contribution >= 0.6 is 0 Å². The number of hydrogen-bond donors (Lipinski definition) is 1. The van der Waals surface area contributed by atoms with E-state index in [1.165, 1.54) is 6.07 Å². The number of benzene rings is 2. The second-order valence-electron chi connectivity index (χ2n) is 7.91. The fraction of sp³-hybridized carbons (Fsp3) is 0.391. The van der Waals surface area contributed by atoms with Crippen molar-refractivity contribution in [2.24, 2.45) is 0 Å². The van der Waals surface area contributed by atoms with E-state index in [4.69, 9.17) is 0 Å². The third kappa shape index (κ3) is 6.78. The molecule has 1 heterocycles. The fourth-order valence-corrected chi connectivity index (χ4v) is 3.68. The van der Waals surface area contributed by atoms with Gasteiger partial charge in [-0.15, -0.1) is 0 Å². The van der Waals surface area contributed by atoms with Crippen molar-refractivity contribution in [3.05, 3.63) is 75.8 Å². The molecule has 0 radical (unpaired) electrons. The van der Waals surface area contributed by atoms with Crippen molar-refractivity contribution in [2.75, 3.05) is 39.8 Å². The molecule has 1 aliphatic rings. The first-order valence-corrected chi connectivity index (χ1v) is 10.7. The molecule has 0 aliphatic carbocycles. The number of carbonyl (C=O) groups excluding carboxylic acids is 2. The van der Waals surface area contributed by atoms with Gasteiger partial charge in [-0.1, -0.05) is 42.5 Å². The molecule has 170 valence electrons. The maximum atomic E-state index is 12.5. The number of rotatable bonds is 8. The van der Waals surface area contributed by atoms with Crippen molar-refractivity contribution in [3.63, 3.8) is 0 Å². The van der Waals surface area contributed by atoms with Gasteiger partial charge in [0, 0.05) is 71.4 Å². The van der Waals surface area contributed by atoms with Crippen LogP contribution in [0.5, 0.6) is 0 Å². The first kappa shape index (κ1) is 23.2. The summed E-state index contributed by atoms with van der Waals surface area (Å²) in [7, 11) is 1.73. The Morgan fingerprint density at radius 3 is 2.41 bits per heavy atom. The molecule has 0 atom stereocenters. The van der Waals surface area contributed by atoms with E-state index in [1.54, 1.807) is 24.1 Å². The van der Waals surface area contributed by atoms with E-state index < -0.39 is 4.92 Å². The Kier molecular flexibility index (Phi) is 8.15. The van der Waals surface area contributed by atoms with Crippen molar-refractivity contribution < 1.29 is 14.5 Å². The summed E-state index contributed by atoms with van der Waals surface area (Å²) < 4.78 is 0. The maximum Gasteiger partial charge on any atom is 0.317 e. The number of nitrogens with zero attached hydrogens (tertiary/aromatic N) is 4. The van der Waals surface area contributed by atoms with Crippen LogP contribution in [0.15, 0.2) is 54.6 Å². The van der Waals surface area contributed by atoms with Crippen LogP contribution in [0.3, 0.4) is 0 Å². The van der Waals surface area contributed by atoms with Gasteiger partial charge in [0.2, 0.25) is 5.91 Å². The summed E-state index contributed by atoms with van der Waals surface area (Å²) in [6, 6.07) is 16.2. The predicted molar refractivity (Wildman–Crippen MR) is 121 cm³/mol. The third-order valence-electron chi connectivity index (χ3n) is 5.48. The minimum Gasteiger partial charge on any atom is -0.340 e. The van der Waals surface area contributed by atoms with E-state index >= 15 is 0 Å². The predicted octanol–water partition coefficient (Wildman–Crippen LogP) is 2.47. The summed E-state index contributed by atoms with van der Waals surface area (Å²) in [5, 5.41) is 13.7. The van der Waals surface area contributed by atoms with Crippen LogP contribution in [-0.4, -0.2) is 71.3 Å². The number of nitrogens with one attached hydrogen (secondary N) is 1. The number of nitro benzene ring substituents is 1. The summed E-state index contributed by atoms with van der Waals surface area (Å²) in [5.41, 5.74) is 2.03. The van der Waals surface area contributed by atoms with Gasteiger partial charge in [0.25, 0.3) is 5.69 Å². The Morgan fingerprint density at radius 2 is 1.72 bits per heavy atom. The molecule has 2 aromatic carbocycles. The lowest BCUT2D eigenvalue weighted by atomic mass is 10.1. The van der Waals surface area contributed by atoms with Crippen molar-refractivity contribution >= 4 is 17.6 Å². The Labute approximate surface area is 187 Å². The summed E-state index contributed by atoms with van der Waals surface area (Å²) in [6.07, 6.45) is 0.260. The smallest absolute Gasteiger partial charge is 0.317 e. The average Bonchev–Trinajstić information content (AvgIpc) is 2.80. The second kappa shape index (κ2) is 11.2. The van der Waals surface area contributed by atoms with Crippen LogP contribution in [-0.2, 0) is 17.9 Å². The molecule has 0 unspecified atom stereocenters. The number of hydrogen-bond acceptors (Lipinski definition) is 5. The molecule has 0 saturated carbocycles. The normalized spacial score (nSPS) is 14.1. The van der Waals surface area contributed by atoms with E-state index in [0.29, 0.717) is 45.8 Å². The van der Waals surface area contributed by atoms with Gasteiger partial charge in [0.15, 0.2) is 0 Å². The van der Waals surface area contributed by atoms with Gasteiger partial charge < -0.3 is 15.1 Å². The van der Waals surface area contributed by atoms with Gasteiger partial charge in [-0.05, 0) is 11.1 Å². The maximum absolute atomic E-state index is 12.5. The lowest BCUT2D eigenvalue weighted by Gasteiger charge is -2.34. The molecular formula is C23H29N5O4. The summed E-state index contributed by atoms with van der Waals surface area (Å²) in [5.74, 6) is 0.0195. The zero-order valence-corrected chi connectivity index (χ0v) is 18.3. The number of piperazine rings is 1. The molecule has 1 aliphatic heterocycles. The lowest BCUT2D eigenvalue weighted by Crippen LogP contribution is -2.49. The number of amides is 3. The van der Waals surface area contributed by atoms with Crippen molar-refractivity contribution in [1.29, 1.82) is 0 Å². The van der Waals surface area contributed by atoms with Gasteiger partial charge >= 0.3 is 6.03 Å². The highest BCUT2D eigenvalue weighted by atomic mass is 16.6. The highest BCUT2D eigenvalue weighted by Gasteiger charge is 2.21. The highest BCUT2D eigenvalue weighted by molar-refractivity contribution is 5.78. The average molecular weight is 440 g/mol. The van der Waals surface area contributed by atoms with Crippen molar-refractivity contribution in [1.82, 2.24) is 20.0 Å².